The Hall–Kier alpha value is -4.47. The zero-order valence-corrected chi connectivity index (χ0v) is 31.7. The normalized spacial score (nSPS) is 11.7. The van der Waals surface area contributed by atoms with Crippen LogP contribution in [0.15, 0.2) is 91.1 Å². The van der Waals surface area contributed by atoms with Crippen LogP contribution in [0.4, 0.5) is 0 Å². The second kappa shape index (κ2) is 13.8. The maximum atomic E-state index is 6.65. The number of hydrogen-bond donors (Lipinski definition) is 0. The third-order valence-corrected chi connectivity index (χ3v) is 9.04. The van der Waals surface area contributed by atoms with Crippen LogP contribution in [0.25, 0.3) is 44.4 Å². The van der Waals surface area contributed by atoms with Gasteiger partial charge in [0.05, 0.1) is 11.4 Å². The molecule has 3 heterocycles. The molecule has 0 spiro atoms. The minimum absolute atomic E-state index is 0. The summed E-state index contributed by atoms with van der Waals surface area (Å²) in [7, 11) is 0. The van der Waals surface area contributed by atoms with Gasteiger partial charge in [0, 0.05) is 28.8 Å². The Morgan fingerprint density at radius 3 is 2.14 bits per heavy atom. The first-order valence-electron chi connectivity index (χ1n) is 16.9. The van der Waals surface area contributed by atoms with E-state index >= 15 is 0 Å². The Labute approximate surface area is 304 Å². The number of para-hydroxylation sites is 1. The van der Waals surface area contributed by atoms with Crippen LogP contribution in [0, 0.1) is 26.0 Å². The molecule has 0 unspecified atom stereocenters. The van der Waals surface area contributed by atoms with Crippen molar-refractivity contribution in [3.05, 3.63) is 131 Å². The van der Waals surface area contributed by atoms with Gasteiger partial charge in [-0.05, 0) is 72.0 Å². The first kappa shape index (κ1) is 34.4. The van der Waals surface area contributed by atoms with Gasteiger partial charge in [0.25, 0.3) is 0 Å². The Kier molecular flexibility index (Phi) is 9.69. The molecule has 49 heavy (non-hydrogen) atoms. The molecule has 7 aromatic rings. The smallest absolute Gasteiger partial charge is 0.509 e. The molecule has 0 saturated carbocycles. The van der Waals surface area contributed by atoms with Gasteiger partial charge in [-0.25, -0.2) is 4.98 Å². The van der Waals surface area contributed by atoms with E-state index in [-0.39, 0.29) is 38.8 Å². The van der Waals surface area contributed by atoms with Crippen LogP contribution >= 0.6 is 0 Å². The predicted molar refractivity (Wildman–Crippen MR) is 197 cm³/mol. The van der Waals surface area contributed by atoms with Gasteiger partial charge in [-0.3, -0.25) is 4.68 Å². The number of ether oxygens (including phenoxy) is 1. The van der Waals surface area contributed by atoms with E-state index in [9.17, 15) is 0 Å². The molecule has 0 bridgehead atoms. The third-order valence-electron chi connectivity index (χ3n) is 9.04. The van der Waals surface area contributed by atoms with Crippen molar-refractivity contribution in [3.8, 4) is 34.1 Å². The van der Waals surface area contributed by atoms with Crippen molar-refractivity contribution in [1.82, 2.24) is 19.3 Å². The van der Waals surface area contributed by atoms with E-state index < -0.39 is 0 Å². The van der Waals surface area contributed by atoms with Gasteiger partial charge in [-0.15, -0.1) is 41.3 Å². The van der Waals surface area contributed by atoms with Gasteiger partial charge in [-0.2, -0.15) is 11.2 Å². The number of aromatic nitrogens is 4. The molecule has 0 amide bonds. The largest absolute Gasteiger partial charge is 2.00 e. The summed E-state index contributed by atoms with van der Waals surface area (Å²) in [4.78, 5) is 4.73. The molecule has 0 saturated heterocycles. The summed E-state index contributed by atoms with van der Waals surface area (Å²) in [5.74, 6) is 2.87. The summed E-state index contributed by atoms with van der Waals surface area (Å²) in [6.07, 6.45) is 1.86. The van der Waals surface area contributed by atoms with Crippen LogP contribution in [0.3, 0.4) is 0 Å². The number of hydrogen-bond acceptors (Lipinski definition) is 3. The van der Waals surface area contributed by atoms with Gasteiger partial charge < -0.3 is 9.30 Å². The third kappa shape index (κ3) is 6.49. The molecule has 0 radical (unpaired) electrons. The molecule has 3 aromatic heterocycles. The van der Waals surface area contributed by atoms with Crippen LogP contribution in [0.5, 0.6) is 11.5 Å². The maximum absolute atomic E-state index is 6.65. The molecule has 7 rings (SSSR count). The molecule has 0 fully saturated rings. The van der Waals surface area contributed by atoms with E-state index in [0.717, 1.165) is 50.1 Å². The number of aryl methyl sites for hydroxylation is 2. The zero-order valence-electron chi connectivity index (χ0n) is 29.4. The van der Waals surface area contributed by atoms with Crippen molar-refractivity contribution in [2.45, 2.75) is 73.1 Å². The quantitative estimate of drug-likeness (QED) is 0.143. The van der Waals surface area contributed by atoms with Crippen LogP contribution in [0.2, 0.25) is 0 Å². The average molecular weight is 826 g/mol. The van der Waals surface area contributed by atoms with Crippen LogP contribution < -0.4 is 4.74 Å². The molecule has 250 valence electrons. The van der Waals surface area contributed by atoms with Crippen molar-refractivity contribution >= 4 is 21.8 Å². The second-order valence-corrected chi connectivity index (χ2v) is 13.8. The van der Waals surface area contributed by atoms with Gasteiger partial charge in [0.2, 0.25) is 0 Å². The number of pyridine rings is 1. The van der Waals surface area contributed by atoms with E-state index in [2.05, 4.69) is 150 Å². The van der Waals surface area contributed by atoms with Gasteiger partial charge in [-0.1, -0.05) is 95.1 Å². The van der Waals surface area contributed by atoms with E-state index in [0.29, 0.717) is 11.5 Å². The SMILES string of the molecule is Cc1ccc(-c2c(C(C)C)nn(-c3[c-]c(Oc4[c-]c5c(cc4)c4ccccc4n5-c4cc(C)ccn4)cc(C(C)C)c3)c2C(C)C)cc1.[Pt+2]. The Morgan fingerprint density at radius 2 is 1.45 bits per heavy atom. The van der Waals surface area contributed by atoms with Crippen LogP contribution in [-0.2, 0) is 21.1 Å². The minimum atomic E-state index is 0. The second-order valence-electron chi connectivity index (χ2n) is 13.8. The predicted octanol–water partition coefficient (Wildman–Crippen LogP) is 11.4. The molecule has 0 aliphatic rings. The topological polar surface area (TPSA) is 44.9 Å². The number of rotatable bonds is 8. The molecule has 5 nitrogen and oxygen atoms in total. The van der Waals surface area contributed by atoms with E-state index in [1.54, 1.807) is 0 Å². The molecule has 4 aromatic carbocycles. The fourth-order valence-corrected chi connectivity index (χ4v) is 6.57. The average Bonchev–Trinajstić information content (AvgIpc) is 3.62. The van der Waals surface area contributed by atoms with Crippen molar-refractivity contribution in [1.29, 1.82) is 0 Å². The number of fused-ring (bicyclic) bond motifs is 3. The van der Waals surface area contributed by atoms with E-state index in [1.807, 2.05) is 18.3 Å². The monoisotopic (exact) mass is 825 g/mol. The van der Waals surface area contributed by atoms with Gasteiger partial charge in [0.15, 0.2) is 0 Å². The maximum Gasteiger partial charge on any atom is 2.00 e. The minimum Gasteiger partial charge on any atom is -0.509 e. The van der Waals surface area contributed by atoms with Crippen LogP contribution in [-0.4, -0.2) is 19.3 Å². The summed E-state index contributed by atoms with van der Waals surface area (Å²) in [5.41, 5.74) is 11.1. The Balaban J connectivity index is 0.00000417. The van der Waals surface area contributed by atoms with E-state index in [1.165, 1.54) is 22.4 Å². The fraction of sp³-hybridized carbons (Fsp3) is 0.256. The number of benzene rings is 4. The molecule has 0 N–H and O–H groups in total. The summed E-state index contributed by atoms with van der Waals surface area (Å²) in [5, 5.41) is 7.53. The molecule has 0 aliphatic heterocycles. The summed E-state index contributed by atoms with van der Waals surface area (Å²) < 4.78 is 10.9. The molecule has 0 atom stereocenters. The standard InChI is InChI=1S/C43H42N4O.Pt/c1-26(2)32-22-33(47-43(28(5)6)41(42(45-47)27(3)4)31-15-13-29(7)14-16-31)24-35(23-32)48-34-17-18-37-36-11-9-10-12-38(36)46(39(37)25-34)40-21-30(8)19-20-44-40;/h9-23,26-28H,1-8H3;/q-2;+2. The Bertz CT molecular complexity index is 2270. The number of nitrogens with zero attached hydrogens (tertiary/aromatic N) is 4. The molecule has 6 heteroatoms. The van der Waals surface area contributed by atoms with Crippen molar-refractivity contribution in [2.24, 2.45) is 0 Å². The van der Waals surface area contributed by atoms with Gasteiger partial charge >= 0.3 is 21.1 Å². The summed E-state index contributed by atoms with van der Waals surface area (Å²) >= 11 is 0. The summed E-state index contributed by atoms with van der Waals surface area (Å²) in [6, 6.07) is 37.0. The van der Waals surface area contributed by atoms with E-state index in [4.69, 9.17) is 14.8 Å². The first-order valence-corrected chi connectivity index (χ1v) is 16.9. The fourth-order valence-electron chi connectivity index (χ4n) is 6.57. The molecule has 0 aliphatic carbocycles. The molecular weight excluding hydrogens is 784 g/mol. The zero-order chi connectivity index (χ0) is 33.7. The van der Waals surface area contributed by atoms with Crippen molar-refractivity contribution in [3.63, 3.8) is 0 Å². The Morgan fingerprint density at radius 1 is 0.694 bits per heavy atom. The summed E-state index contributed by atoms with van der Waals surface area (Å²) in [6.45, 7) is 17.5. The van der Waals surface area contributed by atoms with Gasteiger partial charge in [0.1, 0.15) is 5.82 Å². The van der Waals surface area contributed by atoms with Crippen molar-refractivity contribution < 1.29 is 25.8 Å². The van der Waals surface area contributed by atoms with Crippen LogP contribution in [0.1, 0.15) is 87.4 Å². The first-order chi connectivity index (χ1) is 23.1. The van der Waals surface area contributed by atoms with Crippen molar-refractivity contribution in [2.75, 3.05) is 0 Å². The molecular formula is C43H42N4OPt.